The maximum Gasteiger partial charge on any atom is 0.319 e. The largest absolute Gasteiger partial charge is 0.338 e. The lowest BCUT2D eigenvalue weighted by molar-refractivity contribution is 0.245. The van der Waals surface area contributed by atoms with E-state index in [9.17, 15) is 4.79 Å². The van der Waals surface area contributed by atoms with Crippen LogP contribution in [0.2, 0.25) is 0 Å². The number of hydrogen-bond donors (Lipinski definition) is 2. The molecule has 3 aromatic rings. The number of para-hydroxylation sites is 1. The summed E-state index contributed by atoms with van der Waals surface area (Å²) in [5.41, 5.74) is 4.20. The summed E-state index contributed by atoms with van der Waals surface area (Å²) in [6.07, 6.45) is 2.80. The molecule has 3 aromatic carbocycles. The number of amides is 2. The summed E-state index contributed by atoms with van der Waals surface area (Å²) in [7, 11) is 0. The summed E-state index contributed by atoms with van der Waals surface area (Å²) < 4.78 is 0. The van der Waals surface area contributed by atoms with Crippen molar-refractivity contribution in [2.24, 2.45) is 4.99 Å². The fourth-order valence-corrected chi connectivity index (χ4v) is 2.78. The lowest BCUT2D eigenvalue weighted by atomic mass is 10.1. The van der Waals surface area contributed by atoms with E-state index in [-0.39, 0.29) is 6.03 Å². The van der Waals surface area contributed by atoms with Crippen molar-refractivity contribution in [1.29, 1.82) is 0 Å². The third-order valence-corrected chi connectivity index (χ3v) is 4.22. The minimum Gasteiger partial charge on any atom is -0.338 e. The van der Waals surface area contributed by atoms with E-state index < -0.39 is 0 Å². The van der Waals surface area contributed by atoms with Crippen molar-refractivity contribution >= 4 is 23.1 Å². The smallest absolute Gasteiger partial charge is 0.319 e. The van der Waals surface area contributed by atoms with E-state index in [1.54, 1.807) is 0 Å². The van der Waals surface area contributed by atoms with Crippen molar-refractivity contribution < 1.29 is 4.79 Å². The SMILES string of the molecule is CCCNC(=O)NC(=CC(=Nc1ccccc1)c1ccccc1)c1ccccc1. The minimum absolute atomic E-state index is 0.228. The van der Waals surface area contributed by atoms with Crippen molar-refractivity contribution in [1.82, 2.24) is 10.6 Å². The number of carbonyl (C=O) groups excluding carboxylic acids is 1. The second-order valence-electron chi connectivity index (χ2n) is 6.50. The molecule has 0 bridgehead atoms. The molecule has 0 aliphatic carbocycles. The van der Waals surface area contributed by atoms with Crippen molar-refractivity contribution in [2.45, 2.75) is 13.3 Å². The Morgan fingerprint density at radius 2 is 1.38 bits per heavy atom. The van der Waals surface area contributed by atoms with E-state index in [0.29, 0.717) is 12.2 Å². The summed E-state index contributed by atoms with van der Waals surface area (Å²) in [5.74, 6) is 0. The Labute approximate surface area is 172 Å². The second kappa shape index (κ2) is 10.6. The van der Waals surface area contributed by atoms with Gasteiger partial charge < -0.3 is 10.6 Å². The fraction of sp³-hybridized carbons (Fsp3) is 0.120. The third-order valence-electron chi connectivity index (χ3n) is 4.22. The Balaban J connectivity index is 2.04. The van der Waals surface area contributed by atoms with Crippen LogP contribution in [0.3, 0.4) is 0 Å². The summed E-state index contributed by atoms with van der Waals surface area (Å²) in [6.45, 7) is 2.64. The monoisotopic (exact) mass is 383 g/mol. The average Bonchev–Trinajstić information content (AvgIpc) is 2.78. The van der Waals surface area contributed by atoms with E-state index in [1.165, 1.54) is 0 Å². The minimum atomic E-state index is -0.228. The van der Waals surface area contributed by atoms with Crippen LogP contribution in [0, 0.1) is 0 Å². The van der Waals surface area contributed by atoms with E-state index in [2.05, 4.69) is 10.6 Å². The van der Waals surface area contributed by atoms with Crippen LogP contribution in [-0.2, 0) is 0 Å². The average molecular weight is 383 g/mol. The number of benzene rings is 3. The van der Waals surface area contributed by atoms with Gasteiger partial charge in [0.15, 0.2) is 0 Å². The summed E-state index contributed by atoms with van der Waals surface area (Å²) in [5, 5.41) is 5.85. The van der Waals surface area contributed by atoms with Crippen molar-refractivity contribution in [3.63, 3.8) is 0 Å². The maximum atomic E-state index is 12.4. The molecule has 29 heavy (non-hydrogen) atoms. The van der Waals surface area contributed by atoms with Crippen LogP contribution >= 0.6 is 0 Å². The van der Waals surface area contributed by atoms with Gasteiger partial charge in [0.1, 0.15) is 0 Å². The van der Waals surface area contributed by atoms with Crippen LogP contribution in [0.15, 0.2) is 102 Å². The van der Waals surface area contributed by atoms with Crippen molar-refractivity contribution in [3.8, 4) is 0 Å². The van der Waals surface area contributed by atoms with Crippen molar-refractivity contribution in [3.05, 3.63) is 108 Å². The number of nitrogens with zero attached hydrogens (tertiary/aromatic N) is 1. The number of aliphatic imine (C=N–C) groups is 1. The highest BCUT2D eigenvalue weighted by atomic mass is 16.2. The van der Waals surface area contributed by atoms with Crippen LogP contribution in [0.25, 0.3) is 5.70 Å². The van der Waals surface area contributed by atoms with Crippen LogP contribution in [0.4, 0.5) is 10.5 Å². The van der Waals surface area contributed by atoms with Gasteiger partial charge in [-0.05, 0) is 30.2 Å². The van der Waals surface area contributed by atoms with Gasteiger partial charge in [-0.2, -0.15) is 0 Å². The molecule has 0 saturated carbocycles. The van der Waals surface area contributed by atoms with Crippen LogP contribution < -0.4 is 10.6 Å². The number of allylic oxidation sites excluding steroid dienone is 1. The van der Waals surface area contributed by atoms with E-state index >= 15 is 0 Å². The fourth-order valence-electron chi connectivity index (χ4n) is 2.78. The first-order chi connectivity index (χ1) is 14.3. The zero-order chi connectivity index (χ0) is 20.3. The van der Waals surface area contributed by atoms with Gasteiger partial charge in [0.05, 0.1) is 17.1 Å². The first kappa shape index (κ1) is 20.1. The first-order valence-corrected chi connectivity index (χ1v) is 9.77. The number of nitrogens with one attached hydrogen (secondary N) is 2. The normalized spacial score (nSPS) is 11.8. The number of carbonyl (C=O) groups is 1. The molecule has 2 N–H and O–H groups in total. The molecule has 0 radical (unpaired) electrons. The lowest BCUT2D eigenvalue weighted by Gasteiger charge is -2.13. The first-order valence-electron chi connectivity index (χ1n) is 9.77. The van der Waals surface area contributed by atoms with Gasteiger partial charge >= 0.3 is 6.03 Å². The summed E-state index contributed by atoms with van der Waals surface area (Å²) >= 11 is 0. The molecule has 146 valence electrons. The van der Waals surface area contributed by atoms with E-state index in [1.807, 2.05) is 104 Å². The molecule has 0 atom stereocenters. The molecule has 0 aromatic heterocycles. The summed E-state index contributed by atoms with van der Waals surface area (Å²) in [4.78, 5) is 17.2. The van der Waals surface area contributed by atoms with Gasteiger partial charge in [0.2, 0.25) is 0 Å². The molecule has 0 unspecified atom stereocenters. The number of urea groups is 1. The standard InChI is InChI=1S/C25H25N3O/c1-2-18-26-25(29)28-24(21-14-8-4-9-15-21)19-23(20-12-6-3-7-13-20)27-22-16-10-5-11-17-22/h3-17,19H,2,18H2,1H3,(H2,26,28,29). The zero-order valence-electron chi connectivity index (χ0n) is 16.5. The molecule has 0 aliphatic rings. The molecular formula is C25H25N3O. The molecule has 0 saturated heterocycles. The van der Waals surface area contributed by atoms with Crippen LogP contribution in [-0.4, -0.2) is 18.3 Å². The highest BCUT2D eigenvalue weighted by molar-refractivity contribution is 6.13. The Hall–Kier alpha value is -3.66. The summed E-state index contributed by atoms with van der Waals surface area (Å²) in [6, 6.07) is 29.3. The molecule has 0 aliphatic heterocycles. The molecule has 4 nitrogen and oxygen atoms in total. The van der Waals surface area contributed by atoms with Gasteiger partial charge in [0.25, 0.3) is 0 Å². The van der Waals surface area contributed by atoms with Gasteiger partial charge in [-0.25, -0.2) is 9.79 Å². The third kappa shape index (κ3) is 6.18. The topological polar surface area (TPSA) is 53.5 Å². The van der Waals surface area contributed by atoms with Crippen LogP contribution in [0.1, 0.15) is 24.5 Å². The zero-order valence-corrected chi connectivity index (χ0v) is 16.5. The number of rotatable bonds is 7. The van der Waals surface area contributed by atoms with E-state index in [0.717, 1.165) is 28.9 Å². The highest BCUT2D eigenvalue weighted by Gasteiger charge is 2.09. The predicted octanol–water partition coefficient (Wildman–Crippen LogP) is 5.56. The molecule has 3 rings (SSSR count). The molecule has 0 heterocycles. The molecule has 4 heteroatoms. The molecule has 0 fully saturated rings. The van der Waals surface area contributed by atoms with Gasteiger partial charge in [-0.15, -0.1) is 0 Å². The molecule has 0 spiro atoms. The molecule has 2 amide bonds. The predicted molar refractivity (Wildman–Crippen MR) is 120 cm³/mol. The van der Waals surface area contributed by atoms with Crippen molar-refractivity contribution in [2.75, 3.05) is 6.54 Å². The lowest BCUT2D eigenvalue weighted by Crippen LogP contribution is -2.35. The van der Waals surface area contributed by atoms with Gasteiger partial charge in [-0.3, -0.25) is 0 Å². The van der Waals surface area contributed by atoms with Gasteiger partial charge in [0, 0.05) is 12.1 Å². The van der Waals surface area contributed by atoms with Crippen LogP contribution in [0.5, 0.6) is 0 Å². The second-order valence-corrected chi connectivity index (χ2v) is 6.50. The Kier molecular flexibility index (Phi) is 7.35. The van der Waals surface area contributed by atoms with Gasteiger partial charge in [-0.1, -0.05) is 85.8 Å². The maximum absolute atomic E-state index is 12.4. The quantitative estimate of drug-likeness (QED) is 0.516. The number of hydrogen-bond acceptors (Lipinski definition) is 2. The Morgan fingerprint density at radius 1 is 0.828 bits per heavy atom. The highest BCUT2D eigenvalue weighted by Crippen LogP contribution is 2.18. The van der Waals surface area contributed by atoms with E-state index in [4.69, 9.17) is 4.99 Å². The molecular weight excluding hydrogens is 358 g/mol. The Bertz CT molecular complexity index is 965. The Morgan fingerprint density at radius 3 is 1.97 bits per heavy atom.